The summed E-state index contributed by atoms with van der Waals surface area (Å²) in [6.45, 7) is 7.56. The predicted octanol–water partition coefficient (Wildman–Crippen LogP) is 3.06. The lowest BCUT2D eigenvalue weighted by atomic mass is 10.1. The maximum Gasteiger partial charge on any atom is 0.0400 e. The molecule has 0 radical (unpaired) electrons. The minimum Gasteiger partial charge on any atom is -0.383 e. The van der Waals surface area contributed by atoms with Gasteiger partial charge in [0.05, 0.1) is 0 Å². The molecule has 0 spiro atoms. The number of hydrogen-bond donors (Lipinski definition) is 1. The zero-order chi connectivity index (χ0) is 12.1. The minimum absolute atomic E-state index is 0.596. The van der Waals surface area contributed by atoms with Crippen LogP contribution in [-0.2, 0) is 0 Å². The molecule has 1 unspecified atom stereocenters. The quantitative estimate of drug-likeness (QED) is 0.820. The fourth-order valence-corrected chi connectivity index (χ4v) is 2.01. The van der Waals surface area contributed by atoms with Crippen molar-refractivity contribution >= 4 is 5.69 Å². The van der Waals surface area contributed by atoms with E-state index in [0.717, 1.165) is 6.54 Å². The van der Waals surface area contributed by atoms with Crippen LogP contribution in [0.4, 0.5) is 5.69 Å². The fraction of sp³-hybridized carbons (Fsp3) is 0.571. The van der Waals surface area contributed by atoms with Gasteiger partial charge in [0.1, 0.15) is 0 Å². The van der Waals surface area contributed by atoms with Gasteiger partial charge in [-0.1, -0.05) is 25.1 Å². The first-order valence-corrected chi connectivity index (χ1v) is 6.02. The first kappa shape index (κ1) is 13.0. The molecule has 2 heteroatoms. The fourth-order valence-electron chi connectivity index (χ4n) is 2.01. The summed E-state index contributed by atoms with van der Waals surface area (Å²) in [7, 11) is 4.28. The van der Waals surface area contributed by atoms with Gasteiger partial charge in [0.2, 0.25) is 0 Å². The maximum atomic E-state index is 3.57. The lowest BCUT2D eigenvalue weighted by Crippen LogP contribution is -2.34. The van der Waals surface area contributed by atoms with E-state index in [1.54, 1.807) is 0 Å². The molecule has 2 nitrogen and oxygen atoms in total. The van der Waals surface area contributed by atoms with E-state index in [1.165, 1.54) is 23.2 Å². The molecule has 1 aromatic carbocycles. The highest BCUT2D eigenvalue weighted by Crippen LogP contribution is 2.19. The summed E-state index contributed by atoms with van der Waals surface area (Å²) in [6, 6.07) is 7.02. The summed E-state index contributed by atoms with van der Waals surface area (Å²) in [5, 5.41) is 3.57. The van der Waals surface area contributed by atoms with Gasteiger partial charge in [-0.25, -0.2) is 0 Å². The highest BCUT2D eigenvalue weighted by Gasteiger charge is 2.09. The van der Waals surface area contributed by atoms with Crippen molar-refractivity contribution < 1.29 is 0 Å². The molecule has 0 aliphatic rings. The highest BCUT2D eigenvalue weighted by atomic mass is 15.1. The van der Waals surface area contributed by atoms with Crippen molar-refractivity contribution in [3.05, 3.63) is 29.3 Å². The third-order valence-corrected chi connectivity index (χ3v) is 3.20. The lowest BCUT2D eigenvalue weighted by Gasteiger charge is -2.24. The molecule has 0 heterocycles. The summed E-state index contributed by atoms with van der Waals surface area (Å²) in [4.78, 5) is 2.28. The standard InChI is InChI=1S/C14H24N2/c1-6-13(16(4)5)10-15-14-11(2)8-7-9-12(14)3/h7-9,13,15H,6,10H2,1-5H3. The zero-order valence-corrected chi connectivity index (χ0v) is 11.2. The molecule has 0 aliphatic heterocycles. The summed E-state index contributed by atoms with van der Waals surface area (Å²) in [6.07, 6.45) is 1.17. The van der Waals surface area contributed by atoms with Crippen molar-refractivity contribution in [1.29, 1.82) is 0 Å². The molecule has 0 saturated heterocycles. The van der Waals surface area contributed by atoms with Crippen molar-refractivity contribution in [2.45, 2.75) is 33.2 Å². The van der Waals surface area contributed by atoms with Crippen LogP contribution in [0.15, 0.2) is 18.2 Å². The number of rotatable bonds is 5. The van der Waals surface area contributed by atoms with Gasteiger partial charge < -0.3 is 10.2 Å². The Morgan fingerprint density at radius 3 is 2.19 bits per heavy atom. The highest BCUT2D eigenvalue weighted by molar-refractivity contribution is 5.56. The summed E-state index contributed by atoms with van der Waals surface area (Å²) in [5.74, 6) is 0. The second-order valence-electron chi connectivity index (χ2n) is 4.67. The van der Waals surface area contributed by atoms with Gasteiger partial charge >= 0.3 is 0 Å². The van der Waals surface area contributed by atoms with Crippen molar-refractivity contribution in [2.24, 2.45) is 0 Å². The van der Waals surface area contributed by atoms with E-state index in [0.29, 0.717) is 6.04 Å². The predicted molar refractivity (Wildman–Crippen MR) is 72.2 cm³/mol. The van der Waals surface area contributed by atoms with Gasteiger partial charge in [-0.2, -0.15) is 0 Å². The molecule has 1 atom stereocenters. The Morgan fingerprint density at radius 1 is 1.19 bits per heavy atom. The molecule has 1 aromatic rings. The summed E-state index contributed by atoms with van der Waals surface area (Å²) < 4.78 is 0. The summed E-state index contributed by atoms with van der Waals surface area (Å²) >= 11 is 0. The average Bonchev–Trinajstić information content (AvgIpc) is 2.22. The van der Waals surface area contributed by atoms with E-state index in [9.17, 15) is 0 Å². The molecule has 1 rings (SSSR count). The van der Waals surface area contributed by atoms with E-state index in [-0.39, 0.29) is 0 Å². The first-order valence-electron chi connectivity index (χ1n) is 6.02. The molecule has 0 aromatic heterocycles. The Bertz CT molecular complexity index is 311. The normalized spacial score (nSPS) is 12.9. The molecule has 0 aliphatic carbocycles. The zero-order valence-electron chi connectivity index (χ0n) is 11.2. The number of nitrogens with one attached hydrogen (secondary N) is 1. The first-order chi connectivity index (χ1) is 7.56. The number of para-hydroxylation sites is 1. The molecule has 90 valence electrons. The molecular formula is C14H24N2. The number of nitrogens with zero attached hydrogens (tertiary/aromatic N) is 1. The number of aryl methyl sites for hydroxylation is 2. The molecule has 1 N–H and O–H groups in total. The van der Waals surface area contributed by atoms with Gasteiger partial charge in [-0.3, -0.25) is 0 Å². The minimum atomic E-state index is 0.596. The van der Waals surface area contributed by atoms with Crippen LogP contribution in [0.5, 0.6) is 0 Å². The van der Waals surface area contributed by atoms with E-state index in [1.807, 2.05) is 0 Å². The average molecular weight is 220 g/mol. The molecule has 0 saturated carbocycles. The SMILES string of the molecule is CCC(CNc1c(C)cccc1C)N(C)C. The van der Waals surface area contributed by atoms with Crippen LogP contribution in [0.3, 0.4) is 0 Å². The van der Waals surface area contributed by atoms with Crippen molar-refractivity contribution in [3.8, 4) is 0 Å². The van der Waals surface area contributed by atoms with Gasteiger partial charge in [-0.05, 0) is 45.5 Å². The van der Waals surface area contributed by atoms with Crippen molar-refractivity contribution in [1.82, 2.24) is 4.90 Å². The van der Waals surface area contributed by atoms with Crippen LogP contribution in [-0.4, -0.2) is 31.6 Å². The van der Waals surface area contributed by atoms with Gasteiger partial charge in [0.25, 0.3) is 0 Å². The summed E-state index contributed by atoms with van der Waals surface area (Å²) in [5.41, 5.74) is 3.95. The third kappa shape index (κ3) is 3.24. The van der Waals surface area contributed by atoms with E-state index >= 15 is 0 Å². The Morgan fingerprint density at radius 2 is 1.75 bits per heavy atom. The van der Waals surface area contributed by atoms with E-state index in [4.69, 9.17) is 0 Å². The van der Waals surface area contributed by atoms with Crippen LogP contribution in [0.2, 0.25) is 0 Å². The monoisotopic (exact) mass is 220 g/mol. The molecule has 0 amide bonds. The molecule has 0 bridgehead atoms. The van der Waals surface area contributed by atoms with Crippen LogP contribution in [0.1, 0.15) is 24.5 Å². The number of benzene rings is 1. The lowest BCUT2D eigenvalue weighted by molar-refractivity contribution is 0.298. The van der Waals surface area contributed by atoms with Crippen LogP contribution < -0.4 is 5.32 Å². The van der Waals surface area contributed by atoms with Gasteiger partial charge in [0, 0.05) is 18.3 Å². The van der Waals surface area contributed by atoms with Crippen LogP contribution >= 0.6 is 0 Å². The molecule has 16 heavy (non-hydrogen) atoms. The van der Waals surface area contributed by atoms with E-state index < -0.39 is 0 Å². The molecule has 0 fully saturated rings. The second kappa shape index (κ2) is 5.90. The van der Waals surface area contributed by atoms with E-state index in [2.05, 4.69) is 63.3 Å². The van der Waals surface area contributed by atoms with Crippen molar-refractivity contribution in [3.63, 3.8) is 0 Å². The van der Waals surface area contributed by atoms with Crippen LogP contribution in [0.25, 0.3) is 0 Å². The van der Waals surface area contributed by atoms with Gasteiger partial charge in [-0.15, -0.1) is 0 Å². The van der Waals surface area contributed by atoms with Crippen molar-refractivity contribution in [2.75, 3.05) is 26.0 Å². The smallest absolute Gasteiger partial charge is 0.0400 e. The van der Waals surface area contributed by atoms with Gasteiger partial charge in [0.15, 0.2) is 0 Å². The number of anilines is 1. The topological polar surface area (TPSA) is 15.3 Å². The molecular weight excluding hydrogens is 196 g/mol. The third-order valence-electron chi connectivity index (χ3n) is 3.20. The Balaban J connectivity index is 2.67. The van der Waals surface area contributed by atoms with Crippen LogP contribution in [0, 0.1) is 13.8 Å². The number of hydrogen-bond acceptors (Lipinski definition) is 2. The Kier molecular flexibility index (Phi) is 4.81. The Labute approximate surface area is 99.7 Å². The Hall–Kier alpha value is -1.02. The second-order valence-corrected chi connectivity index (χ2v) is 4.67. The maximum absolute atomic E-state index is 3.57. The largest absolute Gasteiger partial charge is 0.383 e. The number of likely N-dealkylation sites (N-methyl/N-ethyl adjacent to an activating group) is 1.